The van der Waals surface area contributed by atoms with Crippen molar-refractivity contribution < 1.29 is 19.4 Å². The second-order valence-corrected chi connectivity index (χ2v) is 4.55. The monoisotopic (exact) mass is 287 g/mol. The number of nitrogens with zero attached hydrogens (tertiary/aromatic N) is 1. The van der Waals surface area contributed by atoms with Crippen LogP contribution < -0.4 is 9.47 Å². The first-order chi connectivity index (χ1) is 10.0. The highest BCUT2D eigenvalue weighted by atomic mass is 16.5. The van der Waals surface area contributed by atoms with Gasteiger partial charge in [0, 0.05) is 5.69 Å². The van der Waals surface area contributed by atoms with Gasteiger partial charge >= 0.3 is 5.97 Å². The molecule has 0 atom stereocenters. The van der Waals surface area contributed by atoms with Crippen LogP contribution in [-0.2, 0) is 6.42 Å². The highest BCUT2D eigenvalue weighted by Crippen LogP contribution is 2.33. The largest absolute Gasteiger partial charge is 0.493 e. The van der Waals surface area contributed by atoms with Crippen LogP contribution in [0.4, 0.5) is 0 Å². The fourth-order valence-corrected chi connectivity index (χ4v) is 1.89. The summed E-state index contributed by atoms with van der Waals surface area (Å²) in [5, 5.41) is 9.19. The Bertz CT molecular complexity index is 667. The number of hydrogen-bond acceptors (Lipinski definition) is 4. The maximum atomic E-state index is 11.2. The molecular weight excluding hydrogens is 270 g/mol. The van der Waals surface area contributed by atoms with Gasteiger partial charge in [0.25, 0.3) is 0 Å². The molecule has 1 N–H and O–H groups in total. The molecule has 2 rings (SSSR count). The number of benzene rings is 1. The summed E-state index contributed by atoms with van der Waals surface area (Å²) in [6.07, 6.45) is 0.875. The van der Waals surface area contributed by atoms with Crippen molar-refractivity contribution in [3.63, 3.8) is 0 Å². The van der Waals surface area contributed by atoms with E-state index in [0.717, 1.165) is 12.0 Å². The lowest BCUT2D eigenvalue weighted by atomic mass is 10.1. The average molecular weight is 287 g/mol. The summed E-state index contributed by atoms with van der Waals surface area (Å²) in [5.74, 6) is -0.0315. The zero-order valence-electron chi connectivity index (χ0n) is 12.2. The lowest BCUT2D eigenvalue weighted by Crippen LogP contribution is -2.03. The first-order valence-electron chi connectivity index (χ1n) is 6.60. The third-order valence-electron chi connectivity index (χ3n) is 3.07. The van der Waals surface area contributed by atoms with Crippen molar-refractivity contribution in [2.45, 2.75) is 20.3 Å². The van der Waals surface area contributed by atoms with Crippen molar-refractivity contribution in [2.24, 2.45) is 0 Å². The molecule has 0 aliphatic heterocycles. The molecule has 5 heteroatoms. The standard InChI is InChI=1S/C16H17NO4/c1-4-11-6-8-13(14(9-11)20-3)21-15-12(16(18)19)7-5-10(2)17-15/h5-9H,4H2,1-3H3,(H,18,19). The average Bonchev–Trinajstić information content (AvgIpc) is 2.47. The van der Waals surface area contributed by atoms with Crippen LogP contribution in [0.1, 0.15) is 28.5 Å². The van der Waals surface area contributed by atoms with Gasteiger partial charge in [-0.3, -0.25) is 0 Å². The second kappa shape index (κ2) is 6.26. The molecule has 0 unspecified atom stereocenters. The molecule has 110 valence electrons. The van der Waals surface area contributed by atoms with Crippen LogP contribution in [-0.4, -0.2) is 23.2 Å². The Kier molecular flexibility index (Phi) is 4.42. The molecule has 0 spiro atoms. The first-order valence-corrected chi connectivity index (χ1v) is 6.60. The van der Waals surface area contributed by atoms with Crippen LogP contribution in [0, 0.1) is 6.92 Å². The van der Waals surface area contributed by atoms with Gasteiger partial charge in [0.1, 0.15) is 5.56 Å². The molecule has 0 saturated carbocycles. The predicted molar refractivity (Wildman–Crippen MR) is 78.4 cm³/mol. The van der Waals surface area contributed by atoms with Crippen LogP contribution in [0.3, 0.4) is 0 Å². The van der Waals surface area contributed by atoms with Crippen LogP contribution in [0.2, 0.25) is 0 Å². The van der Waals surface area contributed by atoms with Gasteiger partial charge in [0.15, 0.2) is 11.5 Å². The quantitative estimate of drug-likeness (QED) is 0.912. The SMILES string of the molecule is CCc1ccc(Oc2nc(C)ccc2C(=O)O)c(OC)c1. The van der Waals surface area contributed by atoms with E-state index in [4.69, 9.17) is 9.47 Å². The summed E-state index contributed by atoms with van der Waals surface area (Å²) in [7, 11) is 1.55. The van der Waals surface area contributed by atoms with Crippen molar-refractivity contribution in [2.75, 3.05) is 7.11 Å². The van der Waals surface area contributed by atoms with E-state index < -0.39 is 5.97 Å². The Balaban J connectivity index is 2.42. The molecule has 1 aromatic heterocycles. The summed E-state index contributed by atoms with van der Waals surface area (Å²) in [6.45, 7) is 3.82. The smallest absolute Gasteiger partial charge is 0.341 e. The molecule has 21 heavy (non-hydrogen) atoms. The van der Waals surface area contributed by atoms with Crippen LogP contribution >= 0.6 is 0 Å². The maximum Gasteiger partial charge on any atom is 0.341 e. The van der Waals surface area contributed by atoms with Crippen LogP contribution in [0.5, 0.6) is 17.4 Å². The number of methoxy groups -OCH3 is 1. The molecule has 1 aromatic carbocycles. The predicted octanol–water partition coefficient (Wildman–Crippen LogP) is 3.45. The molecule has 5 nitrogen and oxygen atoms in total. The number of aromatic carboxylic acids is 1. The molecule has 0 aliphatic rings. The fourth-order valence-electron chi connectivity index (χ4n) is 1.89. The van der Waals surface area contributed by atoms with E-state index >= 15 is 0 Å². The summed E-state index contributed by atoms with van der Waals surface area (Å²) >= 11 is 0. The number of ether oxygens (including phenoxy) is 2. The van der Waals surface area contributed by atoms with E-state index in [1.807, 2.05) is 19.1 Å². The number of hydrogen-bond donors (Lipinski definition) is 1. The number of carboxylic acids is 1. The fraction of sp³-hybridized carbons (Fsp3) is 0.250. The third kappa shape index (κ3) is 3.31. The minimum absolute atomic E-state index is 0.0159. The molecule has 0 fully saturated rings. The Hall–Kier alpha value is -2.56. The minimum Gasteiger partial charge on any atom is -0.493 e. The van der Waals surface area contributed by atoms with Gasteiger partial charge in [-0.15, -0.1) is 0 Å². The highest BCUT2D eigenvalue weighted by molar-refractivity contribution is 5.90. The minimum atomic E-state index is -1.08. The summed E-state index contributed by atoms with van der Waals surface area (Å²) in [5.41, 5.74) is 1.80. The third-order valence-corrected chi connectivity index (χ3v) is 3.07. The Morgan fingerprint density at radius 2 is 2.00 bits per heavy atom. The van der Waals surface area contributed by atoms with Gasteiger partial charge < -0.3 is 14.6 Å². The van der Waals surface area contributed by atoms with Gasteiger partial charge in [0.05, 0.1) is 7.11 Å². The van der Waals surface area contributed by atoms with E-state index in [2.05, 4.69) is 4.98 Å². The van der Waals surface area contributed by atoms with Gasteiger partial charge in [-0.1, -0.05) is 13.0 Å². The number of rotatable bonds is 5. The first kappa shape index (κ1) is 14.8. The van der Waals surface area contributed by atoms with Crippen molar-refractivity contribution in [3.05, 3.63) is 47.2 Å². The maximum absolute atomic E-state index is 11.2. The van der Waals surface area contributed by atoms with Gasteiger partial charge in [-0.25, -0.2) is 9.78 Å². The lowest BCUT2D eigenvalue weighted by Gasteiger charge is -2.12. The van der Waals surface area contributed by atoms with Crippen molar-refractivity contribution >= 4 is 5.97 Å². The Labute approximate surface area is 123 Å². The molecule has 2 aromatic rings. The second-order valence-electron chi connectivity index (χ2n) is 4.55. The summed E-state index contributed by atoms with van der Waals surface area (Å²) in [4.78, 5) is 15.4. The number of carbonyl (C=O) groups is 1. The zero-order valence-corrected chi connectivity index (χ0v) is 12.2. The Morgan fingerprint density at radius 3 is 2.62 bits per heavy atom. The van der Waals surface area contributed by atoms with Crippen molar-refractivity contribution in [3.8, 4) is 17.4 Å². The molecule has 0 bridgehead atoms. The topological polar surface area (TPSA) is 68.7 Å². The summed E-state index contributed by atoms with van der Waals surface area (Å²) in [6, 6.07) is 8.65. The molecule has 1 heterocycles. The molecular formula is C16H17NO4. The molecule has 0 amide bonds. The van der Waals surface area contributed by atoms with Crippen molar-refractivity contribution in [1.82, 2.24) is 4.98 Å². The van der Waals surface area contributed by atoms with Gasteiger partial charge in [-0.05, 0) is 43.2 Å². The van der Waals surface area contributed by atoms with Crippen molar-refractivity contribution in [1.29, 1.82) is 0 Å². The summed E-state index contributed by atoms with van der Waals surface area (Å²) < 4.78 is 10.9. The Morgan fingerprint density at radius 1 is 1.24 bits per heavy atom. The van der Waals surface area contributed by atoms with Gasteiger partial charge in [-0.2, -0.15) is 0 Å². The molecule has 0 saturated heterocycles. The molecule has 0 radical (unpaired) electrons. The molecule has 0 aliphatic carbocycles. The lowest BCUT2D eigenvalue weighted by molar-refractivity contribution is 0.0693. The van der Waals surface area contributed by atoms with Gasteiger partial charge in [0.2, 0.25) is 5.88 Å². The van der Waals surface area contributed by atoms with Crippen LogP contribution in [0.25, 0.3) is 0 Å². The van der Waals surface area contributed by atoms with E-state index in [1.54, 1.807) is 26.2 Å². The van der Waals surface area contributed by atoms with E-state index in [0.29, 0.717) is 17.2 Å². The number of aromatic nitrogens is 1. The number of aryl methyl sites for hydroxylation is 2. The van der Waals surface area contributed by atoms with E-state index in [-0.39, 0.29) is 11.4 Å². The van der Waals surface area contributed by atoms with E-state index in [9.17, 15) is 9.90 Å². The normalized spacial score (nSPS) is 10.2. The zero-order chi connectivity index (χ0) is 15.4. The number of carboxylic acid groups (broad SMARTS) is 1. The number of pyridine rings is 1. The van der Waals surface area contributed by atoms with Crippen LogP contribution in [0.15, 0.2) is 30.3 Å². The van der Waals surface area contributed by atoms with E-state index in [1.165, 1.54) is 6.07 Å². The highest BCUT2D eigenvalue weighted by Gasteiger charge is 2.16.